The van der Waals surface area contributed by atoms with E-state index in [1.807, 2.05) is 51.1 Å². The first kappa shape index (κ1) is 21.1. The number of hydrogen-bond donors (Lipinski definition) is 0. The lowest BCUT2D eigenvalue weighted by atomic mass is 10.0. The Bertz CT molecular complexity index is 957. The van der Waals surface area contributed by atoms with E-state index in [2.05, 4.69) is 0 Å². The van der Waals surface area contributed by atoms with Gasteiger partial charge in [-0.25, -0.2) is 4.79 Å². The molecule has 1 saturated carbocycles. The maximum Gasteiger partial charge on any atom is 0.410 e. The third-order valence-corrected chi connectivity index (χ3v) is 5.53. The Balaban J connectivity index is 1.64. The second-order valence-electron chi connectivity index (χ2n) is 9.23. The predicted molar refractivity (Wildman–Crippen MR) is 117 cm³/mol. The van der Waals surface area contributed by atoms with E-state index in [4.69, 9.17) is 4.74 Å². The summed E-state index contributed by atoms with van der Waals surface area (Å²) in [7, 11) is 0. The Morgan fingerprint density at radius 2 is 1.55 bits per heavy atom. The van der Waals surface area contributed by atoms with E-state index in [1.165, 1.54) is 4.90 Å². The smallest absolute Gasteiger partial charge is 0.410 e. The van der Waals surface area contributed by atoms with Gasteiger partial charge in [-0.15, -0.1) is 0 Å². The summed E-state index contributed by atoms with van der Waals surface area (Å²) in [4.78, 5) is 42.3. The summed E-state index contributed by atoms with van der Waals surface area (Å²) >= 11 is 0. The number of nitrogens with zero attached hydrogens (tertiary/aromatic N) is 2. The van der Waals surface area contributed by atoms with Gasteiger partial charge < -0.3 is 9.64 Å². The number of carbonyl (C=O) groups excluding carboxylic acids is 3. The zero-order valence-corrected chi connectivity index (χ0v) is 18.2. The minimum Gasteiger partial charge on any atom is -0.444 e. The van der Waals surface area contributed by atoms with Gasteiger partial charge in [0.25, 0.3) is 11.8 Å². The minimum absolute atomic E-state index is 0.0864. The third-order valence-electron chi connectivity index (χ3n) is 5.53. The Kier molecular flexibility index (Phi) is 5.56. The van der Waals surface area contributed by atoms with Crippen LogP contribution in [0.3, 0.4) is 0 Å². The van der Waals surface area contributed by atoms with Gasteiger partial charge in [-0.3, -0.25) is 14.5 Å². The van der Waals surface area contributed by atoms with Crippen molar-refractivity contribution in [3.8, 4) is 0 Å². The fourth-order valence-corrected chi connectivity index (χ4v) is 3.97. The summed E-state index contributed by atoms with van der Waals surface area (Å²) in [5, 5.41) is 0. The monoisotopic (exact) mass is 420 g/mol. The van der Waals surface area contributed by atoms with E-state index in [0.29, 0.717) is 17.5 Å². The highest BCUT2D eigenvalue weighted by Gasteiger charge is 2.43. The average Bonchev–Trinajstić information content (AvgIpc) is 3.52. The van der Waals surface area contributed by atoms with E-state index < -0.39 is 17.7 Å². The molecule has 6 nitrogen and oxygen atoms in total. The van der Waals surface area contributed by atoms with Gasteiger partial charge in [-0.2, -0.15) is 0 Å². The molecular weight excluding hydrogens is 392 g/mol. The molecule has 0 N–H and O–H groups in total. The van der Waals surface area contributed by atoms with Gasteiger partial charge in [0.2, 0.25) is 0 Å². The average molecular weight is 421 g/mol. The van der Waals surface area contributed by atoms with Crippen molar-refractivity contribution < 1.29 is 19.1 Å². The lowest BCUT2D eigenvalue weighted by Crippen LogP contribution is -2.51. The van der Waals surface area contributed by atoms with E-state index in [9.17, 15) is 14.4 Å². The number of ether oxygens (including phenoxy) is 1. The van der Waals surface area contributed by atoms with Gasteiger partial charge in [0.15, 0.2) is 0 Å². The van der Waals surface area contributed by atoms with E-state index in [-0.39, 0.29) is 24.4 Å². The highest BCUT2D eigenvalue weighted by molar-refractivity contribution is 6.21. The number of carbonyl (C=O) groups is 3. The van der Waals surface area contributed by atoms with Crippen LogP contribution in [0.1, 0.15) is 59.9 Å². The van der Waals surface area contributed by atoms with Gasteiger partial charge in [0.1, 0.15) is 5.60 Å². The highest BCUT2D eigenvalue weighted by atomic mass is 16.6. The summed E-state index contributed by atoms with van der Waals surface area (Å²) in [5.74, 6) is -0.608. The Labute approximate surface area is 182 Å². The van der Waals surface area contributed by atoms with Crippen LogP contribution >= 0.6 is 0 Å². The van der Waals surface area contributed by atoms with Crippen LogP contribution in [0, 0.1) is 0 Å². The number of amides is 3. The Morgan fingerprint density at radius 1 is 1.00 bits per heavy atom. The first-order valence-corrected chi connectivity index (χ1v) is 10.7. The van der Waals surface area contributed by atoms with Crippen molar-refractivity contribution in [2.75, 3.05) is 6.54 Å². The van der Waals surface area contributed by atoms with Crippen molar-refractivity contribution in [1.29, 1.82) is 0 Å². The molecule has 1 aliphatic heterocycles. The second kappa shape index (κ2) is 8.17. The van der Waals surface area contributed by atoms with Crippen molar-refractivity contribution in [3.05, 3.63) is 71.3 Å². The largest absolute Gasteiger partial charge is 0.444 e. The fourth-order valence-electron chi connectivity index (χ4n) is 3.97. The maximum absolute atomic E-state index is 13.2. The predicted octanol–water partition coefficient (Wildman–Crippen LogP) is 4.29. The van der Waals surface area contributed by atoms with Crippen molar-refractivity contribution in [1.82, 2.24) is 9.80 Å². The molecule has 0 spiro atoms. The maximum atomic E-state index is 13.2. The third kappa shape index (κ3) is 4.63. The lowest BCUT2D eigenvalue weighted by molar-refractivity contribution is 0.0163. The van der Waals surface area contributed by atoms with Crippen LogP contribution in [0.25, 0.3) is 0 Å². The van der Waals surface area contributed by atoms with Gasteiger partial charge in [0, 0.05) is 12.6 Å². The standard InChI is InChI=1S/C25H28N2O4/c1-25(2,3)31-24(30)26(18-13-14-18)16-19(15-17-9-5-4-6-10-17)27-22(28)20-11-7-8-12-21(20)23(27)29/h4-12,18-19H,13-16H2,1-3H3. The van der Waals surface area contributed by atoms with Crippen molar-refractivity contribution in [2.24, 2.45) is 0 Å². The van der Waals surface area contributed by atoms with Crippen LogP contribution in [-0.2, 0) is 11.2 Å². The Morgan fingerprint density at radius 3 is 2.06 bits per heavy atom. The molecule has 3 amide bonds. The number of fused-ring (bicyclic) bond motifs is 1. The molecule has 1 heterocycles. The molecule has 1 fully saturated rings. The molecule has 2 aromatic carbocycles. The van der Waals surface area contributed by atoms with E-state index in [1.54, 1.807) is 29.2 Å². The summed E-state index contributed by atoms with van der Waals surface area (Å²) in [6.07, 6.45) is 1.88. The molecule has 0 aromatic heterocycles. The topological polar surface area (TPSA) is 66.9 Å². The van der Waals surface area contributed by atoms with Crippen molar-refractivity contribution in [3.63, 3.8) is 0 Å². The Hall–Kier alpha value is -3.15. The summed E-state index contributed by atoms with van der Waals surface area (Å²) in [6, 6.07) is 16.2. The van der Waals surface area contributed by atoms with Crippen LogP contribution < -0.4 is 0 Å². The molecule has 1 unspecified atom stereocenters. The number of rotatable bonds is 6. The van der Waals surface area contributed by atoms with Crippen LogP contribution in [-0.4, -0.2) is 51.9 Å². The van der Waals surface area contributed by atoms with E-state index >= 15 is 0 Å². The molecule has 2 aromatic rings. The minimum atomic E-state index is -0.616. The van der Waals surface area contributed by atoms with Gasteiger partial charge in [0.05, 0.1) is 17.2 Å². The summed E-state index contributed by atoms with van der Waals surface area (Å²) in [5.41, 5.74) is 1.22. The van der Waals surface area contributed by atoms with Crippen LogP contribution in [0.5, 0.6) is 0 Å². The molecular formula is C25H28N2O4. The fraction of sp³-hybridized carbons (Fsp3) is 0.400. The van der Waals surface area contributed by atoms with Crippen LogP contribution in [0.2, 0.25) is 0 Å². The van der Waals surface area contributed by atoms with E-state index in [0.717, 1.165) is 18.4 Å². The number of imide groups is 1. The molecule has 1 aliphatic carbocycles. The van der Waals surface area contributed by atoms with Gasteiger partial charge in [-0.1, -0.05) is 42.5 Å². The molecule has 6 heteroatoms. The molecule has 0 bridgehead atoms. The molecule has 31 heavy (non-hydrogen) atoms. The van der Waals surface area contributed by atoms with Crippen LogP contribution in [0.15, 0.2) is 54.6 Å². The number of hydrogen-bond acceptors (Lipinski definition) is 4. The lowest BCUT2D eigenvalue weighted by Gasteiger charge is -2.33. The van der Waals surface area contributed by atoms with Crippen LogP contribution in [0.4, 0.5) is 4.79 Å². The zero-order chi connectivity index (χ0) is 22.2. The molecule has 0 saturated heterocycles. The summed E-state index contributed by atoms with van der Waals surface area (Å²) < 4.78 is 5.63. The first-order chi connectivity index (χ1) is 14.7. The normalized spacial score (nSPS) is 16.8. The van der Waals surface area contributed by atoms with Gasteiger partial charge in [-0.05, 0) is 57.7 Å². The summed E-state index contributed by atoms with van der Waals surface area (Å²) in [6.45, 7) is 5.75. The molecule has 162 valence electrons. The van der Waals surface area contributed by atoms with Crippen molar-refractivity contribution in [2.45, 2.75) is 57.7 Å². The molecule has 4 rings (SSSR count). The first-order valence-electron chi connectivity index (χ1n) is 10.7. The van der Waals surface area contributed by atoms with Crippen molar-refractivity contribution >= 4 is 17.9 Å². The molecule has 2 aliphatic rings. The second-order valence-corrected chi connectivity index (χ2v) is 9.23. The quantitative estimate of drug-likeness (QED) is 0.654. The highest BCUT2D eigenvalue weighted by Crippen LogP contribution is 2.31. The zero-order valence-electron chi connectivity index (χ0n) is 18.2. The SMILES string of the molecule is CC(C)(C)OC(=O)N(CC(Cc1ccccc1)N1C(=O)c2ccccc2C1=O)C1CC1. The number of benzene rings is 2. The molecule has 1 atom stereocenters. The molecule has 0 radical (unpaired) electrons. The van der Waals surface area contributed by atoms with Gasteiger partial charge >= 0.3 is 6.09 Å².